The number of nitrogens with one attached hydrogen (secondary N) is 1. The van der Waals surface area contributed by atoms with Gasteiger partial charge in [0.1, 0.15) is 11.4 Å². The van der Waals surface area contributed by atoms with Gasteiger partial charge < -0.3 is 19.7 Å². The van der Waals surface area contributed by atoms with Crippen LogP contribution in [0.1, 0.15) is 59.4 Å². The number of unbranched alkanes of at least 4 members (excludes halogenated alkanes) is 1. The van der Waals surface area contributed by atoms with E-state index in [0.29, 0.717) is 18.4 Å². The highest BCUT2D eigenvalue weighted by Gasteiger charge is 2.56. The standard InChI is InChI=1S/C22H32N2O8/c1-6-8-9-15(17(25)26)22(18(27)28,19(29)31-7-2)12-14-10-11-16(23-13-14)24-20(30)32-21(3,4)5/h10-11,13,15H,6-9,12H2,1-5H3,(H,25,26)(H,27,28)(H,23,24,30). The predicted octanol–water partition coefficient (Wildman–Crippen LogP) is 3.50. The Kier molecular flexibility index (Phi) is 9.61. The molecule has 0 aliphatic heterocycles. The number of carbonyl (C=O) groups excluding carboxylic acids is 2. The smallest absolute Gasteiger partial charge is 0.413 e. The van der Waals surface area contributed by atoms with Gasteiger partial charge in [0.2, 0.25) is 0 Å². The summed E-state index contributed by atoms with van der Waals surface area (Å²) in [6.07, 6.45) is 1.21. The maximum Gasteiger partial charge on any atom is 0.413 e. The van der Waals surface area contributed by atoms with Crippen molar-refractivity contribution in [2.75, 3.05) is 11.9 Å². The Morgan fingerprint density at radius 1 is 1.12 bits per heavy atom. The second-order valence-electron chi connectivity index (χ2n) is 8.39. The van der Waals surface area contributed by atoms with E-state index in [-0.39, 0.29) is 18.8 Å². The van der Waals surface area contributed by atoms with Crippen molar-refractivity contribution >= 4 is 29.8 Å². The number of carboxylic acid groups (broad SMARTS) is 2. The molecule has 0 fully saturated rings. The number of carbonyl (C=O) groups is 4. The minimum atomic E-state index is -2.32. The topological polar surface area (TPSA) is 152 Å². The van der Waals surface area contributed by atoms with E-state index < -0.39 is 47.4 Å². The molecule has 0 aliphatic carbocycles. The number of nitrogens with zero attached hydrogens (tertiary/aromatic N) is 1. The Balaban J connectivity index is 3.27. The van der Waals surface area contributed by atoms with Crippen molar-refractivity contribution in [3.63, 3.8) is 0 Å². The average molecular weight is 453 g/mol. The molecule has 2 atom stereocenters. The minimum Gasteiger partial charge on any atom is -0.481 e. The molecule has 1 rings (SSSR count). The number of amides is 1. The van der Waals surface area contributed by atoms with Crippen molar-refractivity contribution in [2.45, 2.75) is 65.9 Å². The lowest BCUT2D eigenvalue weighted by molar-refractivity contribution is -0.179. The molecule has 1 aromatic heterocycles. The molecule has 10 heteroatoms. The number of anilines is 1. The fourth-order valence-corrected chi connectivity index (χ4v) is 3.23. The van der Waals surface area contributed by atoms with Crippen LogP contribution in [0.4, 0.5) is 10.6 Å². The molecule has 0 saturated carbocycles. The van der Waals surface area contributed by atoms with Gasteiger partial charge in [0.25, 0.3) is 0 Å². The summed E-state index contributed by atoms with van der Waals surface area (Å²) in [5, 5.41) is 22.2. The van der Waals surface area contributed by atoms with Crippen molar-refractivity contribution in [1.82, 2.24) is 4.98 Å². The van der Waals surface area contributed by atoms with Gasteiger partial charge in [0, 0.05) is 12.6 Å². The number of hydrogen-bond donors (Lipinski definition) is 3. The first-order chi connectivity index (χ1) is 14.9. The summed E-state index contributed by atoms with van der Waals surface area (Å²) in [7, 11) is 0. The average Bonchev–Trinajstić information content (AvgIpc) is 2.66. The molecule has 0 saturated heterocycles. The SMILES string of the molecule is CCCCC(C(=O)O)C(Cc1ccc(NC(=O)OC(C)(C)C)nc1)(C(=O)O)C(=O)OCC. The summed E-state index contributed by atoms with van der Waals surface area (Å²) < 4.78 is 10.1. The van der Waals surface area contributed by atoms with Crippen molar-refractivity contribution < 1.29 is 38.9 Å². The molecule has 3 N–H and O–H groups in total. The predicted molar refractivity (Wildman–Crippen MR) is 115 cm³/mol. The van der Waals surface area contributed by atoms with Crippen LogP contribution in [0, 0.1) is 11.3 Å². The number of esters is 1. The lowest BCUT2D eigenvalue weighted by Crippen LogP contribution is -2.51. The third-order valence-corrected chi connectivity index (χ3v) is 4.70. The highest BCUT2D eigenvalue weighted by molar-refractivity contribution is 6.03. The maximum atomic E-state index is 12.8. The molecule has 0 bridgehead atoms. The maximum absolute atomic E-state index is 12.8. The number of carboxylic acids is 2. The van der Waals surface area contributed by atoms with Gasteiger partial charge in [-0.3, -0.25) is 19.7 Å². The Bertz CT molecular complexity index is 816. The highest BCUT2D eigenvalue weighted by atomic mass is 16.6. The van der Waals surface area contributed by atoms with Crippen LogP contribution in [0.3, 0.4) is 0 Å². The van der Waals surface area contributed by atoms with Crippen LogP contribution in [-0.4, -0.2) is 51.4 Å². The molecule has 1 aromatic rings. The number of rotatable bonds is 11. The molecular formula is C22H32N2O8. The fraction of sp³-hybridized carbons (Fsp3) is 0.591. The third-order valence-electron chi connectivity index (χ3n) is 4.70. The summed E-state index contributed by atoms with van der Waals surface area (Å²) >= 11 is 0. The van der Waals surface area contributed by atoms with Crippen LogP contribution in [0.2, 0.25) is 0 Å². The van der Waals surface area contributed by atoms with Gasteiger partial charge in [-0.1, -0.05) is 25.8 Å². The second kappa shape index (κ2) is 11.4. The monoisotopic (exact) mass is 452 g/mol. The van der Waals surface area contributed by atoms with Crippen molar-refractivity contribution in [1.29, 1.82) is 0 Å². The van der Waals surface area contributed by atoms with Crippen LogP contribution in [0.15, 0.2) is 18.3 Å². The van der Waals surface area contributed by atoms with Gasteiger partial charge in [0.15, 0.2) is 5.41 Å². The first kappa shape index (κ1) is 26.9. The van der Waals surface area contributed by atoms with Crippen molar-refractivity contribution in [3.8, 4) is 0 Å². The zero-order valence-electron chi connectivity index (χ0n) is 19.1. The van der Waals surface area contributed by atoms with Crippen LogP contribution in [0.5, 0.6) is 0 Å². The van der Waals surface area contributed by atoms with Crippen molar-refractivity contribution in [2.24, 2.45) is 11.3 Å². The van der Waals surface area contributed by atoms with E-state index in [1.807, 2.05) is 6.92 Å². The first-order valence-electron chi connectivity index (χ1n) is 10.5. The van der Waals surface area contributed by atoms with Gasteiger partial charge in [-0.2, -0.15) is 0 Å². The molecule has 0 aliphatic rings. The van der Waals surface area contributed by atoms with Gasteiger partial charge >= 0.3 is 24.0 Å². The fourth-order valence-electron chi connectivity index (χ4n) is 3.23. The number of aliphatic carboxylic acids is 2. The Morgan fingerprint density at radius 2 is 1.78 bits per heavy atom. The van der Waals surface area contributed by atoms with Gasteiger partial charge in [-0.05, 0) is 45.7 Å². The van der Waals surface area contributed by atoms with Gasteiger partial charge in [-0.25, -0.2) is 9.78 Å². The van der Waals surface area contributed by atoms with E-state index in [1.165, 1.54) is 25.3 Å². The van der Waals surface area contributed by atoms with E-state index in [2.05, 4.69) is 10.3 Å². The van der Waals surface area contributed by atoms with Crippen LogP contribution in [-0.2, 0) is 30.3 Å². The van der Waals surface area contributed by atoms with Crippen LogP contribution >= 0.6 is 0 Å². The minimum absolute atomic E-state index is 0.00264. The van der Waals surface area contributed by atoms with E-state index in [4.69, 9.17) is 9.47 Å². The quantitative estimate of drug-likeness (QED) is 0.338. The highest BCUT2D eigenvalue weighted by Crippen LogP contribution is 2.38. The summed E-state index contributed by atoms with van der Waals surface area (Å²) in [5.74, 6) is -5.40. The number of ether oxygens (including phenoxy) is 2. The molecule has 0 radical (unpaired) electrons. The molecule has 1 heterocycles. The zero-order valence-corrected chi connectivity index (χ0v) is 19.1. The third kappa shape index (κ3) is 7.21. The Labute approximate surface area is 187 Å². The molecule has 1 amide bonds. The second-order valence-corrected chi connectivity index (χ2v) is 8.39. The summed E-state index contributed by atoms with van der Waals surface area (Å²) in [4.78, 5) is 53.1. The molecule has 32 heavy (non-hydrogen) atoms. The molecule has 0 spiro atoms. The zero-order chi connectivity index (χ0) is 24.5. The summed E-state index contributed by atoms with van der Waals surface area (Å²) in [6.45, 7) is 8.40. The largest absolute Gasteiger partial charge is 0.481 e. The normalized spacial score (nSPS) is 14.0. The van der Waals surface area contributed by atoms with E-state index in [0.717, 1.165) is 0 Å². The Hall–Kier alpha value is -3.17. The summed E-state index contributed by atoms with van der Waals surface area (Å²) in [5.41, 5.74) is -2.72. The van der Waals surface area contributed by atoms with Crippen LogP contribution < -0.4 is 5.32 Å². The number of pyridine rings is 1. The lowest BCUT2D eigenvalue weighted by atomic mass is 9.69. The first-order valence-corrected chi connectivity index (χ1v) is 10.5. The lowest BCUT2D eigenvalue weighted by Gasteiger charge is -2.32. The molecule has 0 aromatic carbocycles. The van der Waals surface area contributed by atoms with E-state index in [1.54, 1.807) is 20.8 Å². The Morgan fingerprint density at radius 3 is 2.22 bits per heavy atom. The van der Waals surface area contributed by atoms with Crippen molar-refractivity contribution in [3.05, 3.63) is 23.9 Å². The van der Waals surface area contributed by atoms with E-state index in [9.17, 15) is 29.4 Å². The number of hydrogen-bond acceptors (Lipinski definition) is 7. The summed E-state index contributed by atoms with van der Waals surface area (Å²) in [6, 6.07) is 2.88. The molecular weight excluding hydrogens is 420 g/mol. The van der Waals surface area contributed by atoms with Gasteiger partial charge in [-0.15, -0.1) is 0 Å². The molecule has 10 nitrogen and oxygen atoms in total. The van der Waals surface area contributed by atoms with Crippen LogP contribution in [0.25, 0.3) is 0 Å². The molecule has 178 valence electrons. The number of aromatic nitrogens is 1. The van der Waals surface area contributed by atoms with E-state index >= 15 is 0 Å². The molecule has 2 unspecified atom stereocenters. The van der Waals surface area contributed by atoms with Gasteiger partial charge in [0.05, 0.1) is 12.5 Å².